The molecule has 16 rings (SSSR count). The monoisotopic (exact) mass is 1920 g/mol. The summed E-state index contributed by atoms with van der Waals surface area (Å²) < 4.78 is 41.3. The van der Waals surface area contributed by atoms with Gasteiger partial charge in [0.15, 0.2) is 0 Å². The highest BCUT2D eigenvalue weighted by atomic mass is 16.5. The molecule has 0 spiro atoms. The molecule has 16 aromatic carbocycles. The van der Waals surface area contributed by atoms with Crippen molar-refractivity contribution in [2.45, 2.75) is 210 Å². The topological polar surface area (TPSA) is 73.8 Å². The van der Waals surface area contributed by atoms with Crippen LogP contribution < -0.4 is 37.9 Å². The first kappa shape index (κ1) is 115. The molecular formula is C136H162O8. The van der Waals surface area contributed by atoms with Crippen LogP contribution in [0.2, 0.25) is 0 Å². The fraction of sp³-hybridized carbons (Fsp3) is 0.294. The minimum absolute atomic E-state index is 0. The van der Waals surface area contributed by atoms with Gasteiger partial charge in [-0.05, 0) is 308 Å². The molecule has 8 heteroatoms. The average molecular weight is 1920 g/mol. The highest BCUT2D eigenvalue weighted by molar-refractivity contribution is 5.71. The highest BCUT2D eigenvalue weighted by Gasteiger charge is 2.09. The first-order valence-corrected chi connectivity index (χ1v) is 52.0. The van der Waals surface area contributed by atoms with Gasteiger partial charge in [0.25, 0.3) is 0 Å². The summed E-state index contributed by atoms with van der Waals surface area (Å²) in [5, 5.41) is 0. The van der Waals surface area contributed by atoms with Crippen molar-refractivity contribution in [3.63, 3.8) is 0 Å². The fourth-order valence-corrected chi connectivity index (χ4v) is 16.5. The Kier molecular flexibility index (Phi) is 53.9. The molecule has 0 aliphatic carbocycles. The summed E-state index contributed by atoms with van der Waals surface area (Å²) in [6.07, 6.45) is 28.4. The van der Waals surface area contributed by atoms with Crippen molar-refractivity contribution in [1.82, 2.24) is 0 Å². The predicted octanol–water partition coefficient (Wildman–Crippen LogP) is 37.9. The Balaban J connectivity index is 0.000000201. The van der Waals surface area contributed by atoms with Crippen LogP contribution in [-0.4, -0.2) is 56.9 Å². The molecule has 754 valence electrons. The lowest BCUT2D eigenvalue weighted by Gasteiger charge is -2.06. The van der Waals surface area contributed by atoms with Gasteiger partial charge in [0, 0.05) is 0 Å². The highest BCUT2D eigenvalue weighted by Crippen LogP contribution is 2.33. The summed E-state index contributed by atoms with van der Waals surface area (Å²) in [5.74, 6) is 7.21. The number of unbranched alkanes of at least 4 members (excludes halogenated alkanes) is 7. The van der Waals surface area contributed by atoms with E-state index in [4.69, 9.17) is 37.9 Å². The SMILES string of the molecule is C.CCCCCc1ccc(-c2ccc(OC)cc2)cc1.CCCCCc1ccc(-c2ccc(OC)cc2)cc1.CCCCCc1ccc(-c2ccc(OC)cc2)cc1.CCCCc1ccc(-c2ccc(OC)cc2)cc1.CCCc1ccc(-c2ccc(OC)cc2)cc1.CCCc1ccc(-c2ccc(OC)cc2)cc1.CCCc1ccc(-c2ccc(OC)cc2)cc1.CCCc1ccc(-c2ccc(OC)cc2)cc1. The first-order chi connectivity index (χ1) is 70.1. The Morgan fingerprint density at radius 3 is 0.306 bits per heavy atom. The summed E-state index contributed by atoms with van der Waals surface area (Å²) in [6, 6.07) is 136. The zero-order chi connectivity index (χ0) is 102. The molecular weight excluding hydrogens is 1760 g/mol. The summed E-state index contributed by atoms with van der Waals surface area (Å²) in [4.78, 5) is 0. The standard InChI is InChI=1S/3C18H22O.C17H20O.4C16H18O.CH4/c3*1-3-4-5-6-15-7-9-16(10-8-15)17-11-13-18(19-2)14-12-17;1-3-4-5-14-6-8-15(9-7-14)16-10-12-17(18-2)13-11-16;4*1-3-4-13-5-7-14(8-6-13)15-9-11-16(17-2)12-10-15;/h3*7-14H,3-6H2,1-2H3;6-13H,3-5H2,1-2H3;4*5-12H,3-4H2,1-2H3;1H4. The van der Waals surface area contributed by atoms with E-state index < -0.39 is 0 Å². The summed E-state index contributed by atoms with van der Waals surface area (Å²) in [7, 11) is 13.5. The van der Waals surface area contributed by atoms with Crippen LogP contribution in [0.5, 0.6) is 46.0 Å². The van der Waals surface area contributed by atoms with E-state index in [-0.39, 0.29) is 7.43 Å². The summed E-state index contributed by atoms with van der Waals surface area (Å²) >= 11 is 0. The molecule has 0 saturated carbocycles. The van der Waals surface area contributed by atoms with Gasteiger partial charge >= 0.3 is 0 Å². The van der Waals surface area contributed by atoms with E-state index >= 15 is 0 Å². The van der Waals surface area contributed by atoms with Gasteiger partial charge in [0.05, 0.1) is 56.9 Å². The quantitative estimate of drug-likeness (QED) is 0.0353. The fourth-order valence-electron chi connectivity index (χ4n) is 16.5. The maximum atomic E-state index is 5.18. The normalized spacial score (nSPS) is 10.2. The van der Waals surface area contributed by atoms with Crippen molar-refractivity contribution in [3.8, 4) is 135 Å². The second-order valence-electron chi connectivity index (χ2n) is 35.9. The second-order valence-corrected chi connectivity index (χ2v) is 35.9. The van der Waals surface area contributed by atoms with Gasteiger partial charge in [0.2, 0.25) is 0 Å². The van der Waals surface area contributed by atoms with Gasteiger partial charge in [-0.1, -0.05) is 425 Å². The smallest absolute Gasteiger partial charge is 0.118 e. The van der Waals surface area contributed by atoms with Crippen LogP contribution in [0.3, 0.4) is 0 Å². The first-order valence-electron chi connectivity index (χ1n) is 52.0. The minimum Gasteiger partial charge on any atom is -0.497 e. The Hall–Kier alpha value is -14.1. The summed E-state index contributed by atoms with van der Waals surface area (Å²) in [6.45, 7) is 17.8. The van der Waals surface area contributed by atoms with Gasteiger partial charge in [-0.2, -0.15) is 0 Å². The van der Waals surface area contributed by atoms with Crippen LogP contribution in [0.25, 0.3) is 89.0 Å². The van der Waals surface area contributed by atoms with Crippen molar-refractivity contribution in [3.05, 3.63) is 433 Å². The van der Waals surface area contributed by atoms with Gasteiger partial charge in [-0.25, -0.2) is 0 Å². The lowest BCUT2D eigenvalue weighted by molar-refractivity contribution is 0.415. The lowest BCUT2D eigenvalue weighted by Crippen LogP contribution is -1.86. The molecule has 16 aromatic rings. The third-order valence-electron chi connectivity index (χ3n) is 25.2. The molecule has 0 radical (unpaired) electrons. The molecule has 0 unspecified atom stereocenters. The van der Waals surface area contributed by atoms with E-state index in [1.807, 2.05) is 97.1 Å². The van der Waals surface area contributed by atoms with Crippen molar-refractivity contribution in [1.29, 1.82) is 0 Å². The van der Waals surface area contributed by atoms with Crippen LogP contribution in [0.15, 0.2) is 388 Å². The van der Waals surface area contributed by atoms with Gasteiger partial charge in [-0.3, -0.25) is 0 Å². The van der Waals surface area contributed by atoms with E-state index in [9.17, 15) is 0 Å². The Morgan fingerprint density at radius 2 is 0.208 bits per heavy atom. The Bertz CT molecular complexity index is 5400. The molecule has 0 bridgehead atoms. The zero-order valence-corrected chi connectivity index (χ0v) is 88.5. The third-order valence-corrected chi connectivity index (χ3v) is 25.2. The van der Waals surface area contributed by atoms with Gasteiger partial charge in [-0.15, -0.1) is 0 Å². The van der Waals surface area contributed by atoms with Crippen LogP contribution in [0.1, 0.15) is 204 Å². The minimum atomic E-state index is 0. The molecule has 0 amide bonds. The molecule has 0 saturated heterocycles. The maximum absolute atomic E-state index is 5.18. The van der Waals surface area contributed by atoms with E-state index in [1.54, 1.807) is 56.9 Å². The number of aryl methyl sites for hydroxylation is 8. The molecule has 0 heterocycles. The number of ether oxygens (including phenoxy) is 8. The van der Waals surface area contributed by atoms with E-state index in [0.717, 1.165) is 71.7 Å². The van der Waals surface area contributed by atoms with Crippen molar-refractivity contribution in [2.24, 2.45) is 0 Å². The van der Waals surface area contributed by atoms with Crippen LogP contribution in [-0.2, 0) is 51.4 Å². The van der Waals surface area contributed by atoms with Crippen molar-refractivity contribution >= 4 is 0 Å². The molecule has 0 fully saturated rings. The Morgan fingerprint density at radius 1 is 0.111 bits per heavy atom. The Labute approximate surface area is 867 Å². The van der Waals surface area contributed by atoms with Gasteiger partial charge in [0.1, 0.15) is 46.0 Å². The molecule has 0 aliphatic rings. The second kappa shape index (κ2) is 67.4. The van der Waals surface area contributed by atoms with Gasteiger partial charge < -0.3 is 37.9 Å². The number of benzene rings is 16. The maximum Gasteiger partial charge on any atom is 0.118 e. The third kappa shape index (κ3) is 40.7. The number of methoxy groups -OCH3 is 8. The number of hydrogen-bond acceptors (Lipinski definition) is 8. The molecule has 0 aromatic heterocycles. The summed E-state index contributed by atoms with van der Waals surface area (Å²) in [5.41, 5.74) is 31.3. The average Bonchev–Trinajstić information content (AvgIpc) is 0.885. The van der Waals surface area contributed by atoms with E-state index in [0.29, 0.717) is 0 Å². The molecule has 0 aliphatic heterocycles. The lowest BCUT2D eigenvalue weighted by atomic mass is 10.0. The number of hydrogen-bond donors (Lipinski definition) is 0. The van der Waals surface area contributed by atoms with E-state index in [1.165, 1.54) is 256 Å². The van der Waals surface area contributed by atoms with Crippen molar-refractivity contribution < 1.29 is 37.9 Å². The molecule has 0 N–H and O–H groups in total. The van der Waals surface area contributed by atoms with Crippen LogP contribution >= 0.6 is 0 Å². The van der Waals surface area contributed by atoms with Crippen LogP contribution in [0.4, 0.5) is 0 Å². The number of rotatable bonds is 39. The molecule has 144 heavy (non-hydrogen) atoms. The van der Waals surface area contributed by atoms with E-state index in [2.05, 4.69) is 347 Å². The zero-order valence-electron chi connectivity index (χ0n) is 88.5. The predicted molar refractivity (Wildman–Crippen MR) is 618 cm³/mol. The van der Waals surface area contributed by atoms with Crippen LogP contribution in [0, 0.1) is 0 Å². The molecule has 8 nitrogen and oxygen atoms in total. The van der Waals surface area contributed by atoms with Crippen molar-refractivity contribution in [2.75, 3.05) is 56.9 Å². The molecule has 0 atom stereocenters. The largest absolute Gasteiger partial charge is 0.497 e.